The number of halogens is 3. The first-order valence-corrected chi connectivity index (χ1v) is 11.8. The molecule has 4 nitrogen and oxygen atoms in total. The van der Waals surface area contributed by atoms with Gasteiger partial charge in [0, 0.05) is 19.4 Å². The third-order valence-corrected chi connectivity index (χ3v) is 6.13. The molecule has 1 N–H and O–H groups in total. The van der Waals surface area contributed by atoms with E-state index in [1.165, 1.54) is 0 Å². The molecule has 0 saturated heterocycles. The first kappa shape index (κ1) is 24.9. The molecule has 1 unspecified atom stereocenters. The lowest BCUT2D eigenvalue weighted by atomic mass is 10.0. The van der Waals surface area contributed by atoms with Gasteiger partial charge in [0.2, 0.25) is 0 Å². The zero-order valence-electron chi connectivity index (χ0n) is 16.8. The third-order valence-electron chi connectivity index (χ3n) is 4.22. The van der Waals surface area contributed by atoms with Crippen molar-refractivity contribution in [2.45, 2.75) is 37.1 Å². The number of carbonyl (C=O) groups is 1. The summed E-state index contributed by atoms with van der Waals surface area (Å²) >= 11 is 10.7. The summed E-state index contributed by atoms with van der Waals surface area (Å²) in [5, 5.41) is 9.22. The van der Waals surface area contributed by atoms with Crippen LogP contribution in [0.5, 0.6) is 5.75 Å². The molecular weight excluding hydrogens is 580 g/mol. The number of benzene rings is 1. The van der Waals surface area contributed by atoms with Crippen LogP contribution in [0.4, 0.5) is 0 Å². The van der Waals surface area contributed by atoms with Crippen LogP contribution in [0.25, 0.3) is 0 Å². The first-order chi connectivity index (χ1) is 14.2. The van der Waals surface area contributed by atoms with Crippen LogP contribution in [0.2, 0.25) is 0 Å². The van der Waals surface area contributed by atoms with E-state index in [0.717, 1.165) is 26.5 Å². The van der Waals surface area contributed by atoms with Gasteiger partial charge in [-0.05, 0) is 63.6 Å². The molecule has 0 saturated carbocycles. The lowest BCUT2D eigenvalue weighted by Gasteiger charge is -2.19. The van der Waals surface area contributed by atoms with E-state index in [9.17, 15) is 9.90 Å². The van der Waals surface area contributed by atoms with Gasteiger partial charge >= 0.3 is 5.97 Å². The Labute approximate surface area is 202 Å². The van der Waals surface area contributed by atoms with Crippen molar-refractivity contribution in [3.8, 4) is 17.6 Å². The Morgan fingerprint density at radius 3 is 2.80 bits per heavy atom. The fourth-order valence-corrected chi connectivity index (χ4v) is 4.75. The maximum atomic E-state index is 11.3. The van der Waals surface area contributed by atoms with Crippen LogP contribution in [0.1, 0.15) is 25.8 Å². The van der Waals surface area contributed by atoms with Gasteiger partial charge in [0.15, 0.2) is 6.10 Å². The van der Waals surface area contributed by atoms with Crippen molar-refractivity contribution >= 4 is 53.8 Å². The molecule has 0 fully saturated rings. The summed E-state index contributed by atoms with van der Waals surface area (Å²) in [5.74, 6) is 6.14. The fourth-order valence-electron chi connectivity index (χ4n) is 2.69. The summed E-state index contributed by atoms with van der Waals surface area (Å²) in [6.07, 6.45) is 8.18. The van der Waals surface area contributed by atoms with E-state index in [4.69, 9.17) is 9.47 Å². The molecule has 1 aromatic rings. The van der Waals surface area contributed by atoms with E-state index >= 15 is 0 Å². The Balaban J connectivity index is 1.95. The number of rotatable bonds is 8. The summed E-state index contributed by atoms with van der Waals surface area (Å²) in [7, 11) is 0. The molecule has 0 aromatic heterocycles. The highest BCUT2D eigenvalue weighted by molar-refractivity contribution is 9.12. The van der Waals surface area contributed by atoms with Gasteiger partial charge in [-0.1, -0.05) is 68.0 Å². The topological polar surface area (TPSA) is 55.8 Å². The smallest absolute Gasteiger partial charge is 0.333 e. The van der Waals surface area contributed by atoms with Crippen molar-refractivity contribution < 1.29 is 19.4 Å². The number of allylic oxidation sites excluding steroid dienone is 5. The molecule has 7 heteroatoms. The monoisotopic (exact) mass is 600 g/mol. The van der Waals surface area contributed by atoms with Gasteiger partial charge in [-0.25, -0.2) is 4.79 Å². The number of hydrogen-bond donors (Lipinski definition) is 1. The normalized spacial score (nSPS) is 19.5. The Morgan fingerprint density at radius 1 is 1.40 bits per heavy atom. The summed E-state index contributed by atoms with van der Waals surface area (Å²) in [5.41, 5.74) is 1.78. The molecule has 0 heterocycles. The van der Waals surface area contributed by atoms with Gasteiger partial charge in [-0.2, -0.15) is 0 Å². The molecule has 2 rings (SSSR count). The highest BCUT2D eigenvalue weighted by Gasteiger charge is 2.23. The van der Waals surface area contributed by atoms with Crippen LogP contribution in [-0.4, -0.2) is 34.7 Å². The second kappa shape index (κ2) is 11.9. The Kier molecular flexibility index (Phi) is 9.89. The molecule has 1 aliphatic carbocycles. The van der Waals surface area contributed by atoms with Gasteiger partial charge in [0.05, 0.1) is 4.47 Å². The van der Waals surface area contributed by atoms with E-state index in [-0.39, 0.29) is 4.32 Å². The summed E-state index contributed by atoms with van der Waals surface area (Å²) in [6, 6.07) is 5.53. The van der Waals surface area contributed by atoms with Crippen LogP contribution in [0.3, 0.4) is 0 Å². The van der Waals surface area contributed by atoms with Crippen LogP contribution < -0.4 is 4.74 Å². The van der Waals surface area contributed by atoms with Crippen molar-refractivity contribution in [1.82, 2.24) is 0 Å². The lowest BCUT2D eigenvalue weighted by molar-refractivity contribution is -0.149. The standard InChI is InChI=1S/C23H23Br3O4/c1-3-29-21(22(27)28)14-17-6-7-20(19(25)13-17)30-12-9-16(2)8-11-23(26)10-4-5-18(24)15-23/h4-7,9-10,13,21H,3,12,14-15H2,1-2H3,(H,27,28)/t21-,23?/m0/s1. The predicted octanol–water partition coefficient (Wildman–Crippen LogP) is 6.18. The van der Waals surface area contributed by atoms with Crippen LogP contribution in [0, 0.1) is 11.8 Å². The molecule has 0 amide bonds. The number of aliphatic carboxylic acids is 1. The molecule has 1 aromatic carbocycles. The van der Waals surface area contributed by atoms with E-state index in [2.05, 4.69) is 59.6 Å². The average molecular weight is 603 g/mol. The third kappa shape index (κ3) is 8.07. The Morgan fingerprint density at radius 2 is 2.17 bits per heavy atom. The Bertz CT molecular complexity index is 924. The molecule has 30 heavy (non-hydrogen) atoms. The summed E-state index contributed by atoms with van der Waals surface area (Å²) in [4.78, 5) is 11.3. The molecule has 0 bridgehead atoms. The van der Waals surface area contributed by atoms with E-state index in [1.807, 2.05) is 49.4 Å². The molecule has 160 valence electrons. The van der Waals surface area contributed by atoms with Crippen molar-refractivity contribution in [3.63, 3.8) is 0 Å². The zero-order chi connectivity index (χ0) is 22.1. The van der Waals surface area contributed by atoms with Gasteiger partial charge in [-0.15, -0.1) is 0 Å². The van der Waals surface area contributed by atoms with Crippen LogP contribution >= 0.6 is 47.8 Å². The molecular formula is C23H23Br3O4. The van der Waals surface area contributed by atoms with Crippen molar-refractivity contribution in [1.29, 1.82) is 0 Å². The fraction of sp³-hybridized carbons (Fsp3) is 0.348. The first-order valence-electron chi connectivity index (χ1n) is 9.41. The zero-order valence-corrected chi connectivity index (χ0v) is 21.5. The quantitative estimate of drug-likeness (QED) is 0.285. The molecule has 1 aliphatic rings. The number of hydrogen-bond acceptors (Lipinski definition) is 3. The number of alkyl halides is 1. The van der Waals surface area contributed by atoms with E-state index in [0.29, 0.717) is 25.4 Å². The minimum atomic E-state index is -0.965. The number of ether oxygens (including phenoxy) is 2. The van der Waals surface area contributed by atoms with Gasteiger partial charge in [-0.3, -0.25) is 0 Å². The number of carboxylic acids is 1. The second-order valence-electron chi connectivity index (χ2n) is 6.71. The van der Waals surface area contributed by atoms with Crippen molar-refractivity contribution in [2.24, 2.45) is 0 Å². The SMILES string of the molecule is CCO[C@@H](Cc1ccc(OCC=C(C)C#CC2(Br)C=CC=C(Br)C2)c(Br)c1)C(=O)O. The van der Waals surface area contributed by atoms with Gasteiger partial charge < -0.3 is 14.6 Å². The maximum Gasteiger partial charge on any atom is 0.333 e. The minimum absolute atomic E-state index is 0.296. The largest absolute Gasteiger partial charge is 0.488 e. The molecule has 0 aliphatic heterocycles. The van der Waals surface area contributed by atoms with Crippen molar-refractivity contribution in [2.75, 3.05) is 13.2 Å². The number of carboxylic acid groups (broad SMARTS) is 1. The molecule has 0 radical (unpaired) electrons. The van der Waals surface area contributed by atoms with Crippen LogP contribution in [-0.2, 0) is 16.0 Å². The second-order valence-corrected chi connectivity index (χ2v) is 10.00. The van der Waals surface area contributed by atoms with Gasteiger partial charge in [0.25, 0.3) is 0 Å². The maximum absolute atomic E-state index is 11.3. The van der Waals surface area contributed by atoms with E-state index in [1.54, 1.807) is 6.92 Å². The highest BCUT2D eigenvalue weighted by atomic mass is 79.9. The van der Waals surface area contributed by atoms with E-state index < -0.39 is 12.1 Å². The van der Waals surface area contributed by atoms with Crippen molar-refractivity contribution in [3.05, 3.63) is 62.6 Å². The molecule has 2 atom stereocenters. The predicted molar refractivity (Wildman–Crippen MR) is 130 cm³/mol. The lowest BCUT2D eigenvalue weighted by Crippen LogP contribution is -2.26. The Hall–Kier alpha value is -1.33. The summed E-state index contributed by atoms with van der Waals surface area (Å²) < 4.78 is 12.6. The van der Waals surface area contributed by atoms with Gasteiger partial charge in [0.1, 0.15) is 16.7 Å². The van der Waals surface area contributed by atoms with Crippen LogP contribution in [0.15, 0.2) is 57.0 Å². The summed E-state index contributed by atoms with van der Waals surface area (Å²) in [6.45, 7) is 4.46. The molecule has 0 spiro atoms. The highest BCUT2D eigenvalue weighted by Crippen LogP contribution is 2.33. The minimum Gasteiger partial charge on any atom is -0.488 e. The average Bonchev–Trinajstić information content (AvgIpc) is 2.67.